The molecule has 0 radical (unpaired) electrons. The molecule has 3 nitrogen and oxygen atoms in total. The summed E-state index contributed by atoms with van der Waals surface area (Å²) in [4.78, 5) is 6.79. The lowest BCUT2D eigenvalue weighted by Crippen LogP contribution is -2.38. The number of nitrogens with zero attached hydrogens (tertiary/aromatic N) is 2. The lowest BCUT2D eigenvalue weighted by atomic mass is 9.78. The van der Waals surface area contributed by atoms with E-state index >= 15 is 0 Å². The van der Waals surface area contributed by atoms with Crippen LogP contribution in [0.25, 0.3) is 0 Å². The van der Waals surface area contributed by atoms with Gasteiger partial charge in [-0.25, -0.2) is 0 Å². The van der Waals surface area contributed by atoms with E-state index in [4.69, 9.17) is 0 Å². The van der Waals surface area contributed by atoms with E-state index in [1.807, 2.05) is 12.4 Å². The van der Waals surface area contributed by atoms with Crippen LogP contribution in [0, 0.1) is 5.41 Å². The number of piperidine rings is 1. The van der Waals surface area contributed by atoms with Crippen LogP contribution in [-0.4, -0.2) is 24.6 Å². The summed E-state index contributed by atoms with van der Waals surface area (Å²) in [6, 6.07) is 2.21. The number of rotatable bonds is 4. The standard InChI is InChI=1S/C15H25N3/c1-4-15(3)6-8-18(9-7-15)14-10-13(17-5-2)11-16-12-14/h10-12,17H,4-9H2,1-3H3. The van der Waals surface area contributed by atoms with Gasteiger partial charge in [0.05, 0.1) is 23.8 Å². The maximum Gasteiger partial charge on any atom is 0.0573 e. The summed E-state index contributed by atoms with van der Waals surface area (Å²) in [7, 11) is 0. The Balaban J connectivity index is 2.03. The number of nitrogens with one attached hydrogen (secondary N) is 1. The zero-order valence-corrected chi connectivity index (χ0v) is 11.9. The first-order valence-electron chi connectivity index (χ1n) is 7.11. The second-order valence-corrected chi connectivity index (χ2v) is 5.61. The molecular formula is C15H25N3. The lowest BCUT2D eigenvalue weighted by Gasteiger charge is -2.40. The molecule has 0 amide bonds. The highest BCUT2D eigenvalue weighted by atomic mass is 15.1. The van der Waals surface area contributed by atoms with E-state index in [0.29, 0.717) is 5.41 Å². The van der Waals surface area contributed by atoms with Crippen molar-refractivity contribution in [1.29, 1.82) is 0 Å². The van der Waals surface area contributed by atoms with E-state index < -0.39 is 0 Å². The van der Waals surface area contributed by atoms with Crippen LogP contribution >= 0.6 is 0 Å². The van der Waals surface area contributed by atoms with Crippen LogP contribution in [0.4, 0.5) is 11.4 Å². The highest BCUT2D eigenvalue weighted by molar-refractivity contribution is 5.55. The molecule has 1 saturated heterocycles. The van der Waals surface area contributed by atoms with Crippen molar-refractivity contribution >= 4 is 11.4 Å². The minimum Gasteiger partial charge on any atom is -0.384 e. The summed E-state index contributed by atoms with van der Waals surface area (Å²) in [5, 5.41) is 3.33. The molecule has 1 aromatic rings. The third-order valence-corrected chi connectivity index (χ3v) is 4.29. The zero-order chi connectivity index (χ0) is 13.0. The van der Waals surface area contributed by atoms with Crippen molar-refractivity contribution in [3.05, 3.63) is 18.5 Å². The van der Waals surface area contributed by atoms with Crippen molar-refractivity contribution in [2.45, 2.75) is 40.0 Å². The largest absolute Gasteiger partial charge is 0.384 e. The predicted molar refractivity (Wildman–Crippen MR) is 78.2 cm³/mol. The highest BCUT2D eigenvalue weighted by Gasteiger charge is 2.28. The van der Waals surface area contributed by atoms with E-state index in [0.717, 1.165) is 25.3 Å². The van der Waals surface area contributed by atoms with Crippen molar-refractivity contribution in [3.8, 4) is 0 Å². The Hall–Kier alpha value is -1.25. The van der Waals surface area contributed by atoms with Crippen molar-refractivity contribution in [2.75, 3.05) is 29.9 Å². The van der Waals surface area contributed by atoms with Gasteiger partial charge in [-0.15, -0.1) is 0 Å². The van der Waals surface area contributed by atoms with E-state index in [-0.39, 0.29) is 0 Å². The monoisotopic (exact) mass is 247 g/mol. The lowest BCUT2D eigenvalue weighted by molar-refractivity contribution is 0.238. The van der Waals surface area contributed by atoms with E-state index in [1.165, 1.54) is 24.9 Å². The first-order valence-corrected chi connectivity index (χ1v) is 7.11. The van der Waals surface area contributed by atoms with Gasteiger partial charge in [0.15, 0.2) is 0 Å². The van der Waals surface area contributed by atoms with E-state index in [2.05, 4.69) is 42.0 Å². The number of aromatic nitrogens is 1. The normalized spacial score (nSPS) is 18.7. The van der Waals surface area contributed by atoms with Crippen molar-refractivity contribution in [1.82, 2.24) is 4.98 Å². The van der Waals surface area contributed by atoms with Gasteiger partial charge in [0.25, 0.3) is 0 Å². The van der Waals surface area contributed by atoms with Crippen LogP contribution < -0.4 is 10.2 Å². The number of anilines is 2. The van der Waals surface area contributed by atoms with Gasteiger partial charge in [0, 0.05) is 19.6 Å². The topological polar surface area (TPSA) is 28.2 Å². The molecule has 1 N–H and O–H groups in total. The predicted octanol–water partition coefficient (Wildman–Crippen LogP) is 3.53. The molecule has 0 bridgehead atoms. The Kier molecular flexibility index (Phi) is 4.10. The van der Waals surface area contributed by atoms with Crippen LogP contribution in [0.1, 0.15) is 40.0 Å². The molecule has 0 aromatic carbocycles. The number of pyridine rings is 1. The average molecular weight is 247 g/mol. The summed E-state index contributed by atoms with van der Waals surface area (Å²) in [5.41, 5.74) is 2.92. The first-order chi connectivity index (χ1) is 8.67. The molecule has 1 aromatic heterocycles. The maximum atomic E-state index is 4.33. The van der Waals surface area contributed by atoms with Crippen LogP contribution in [0.5, 0.6) is 0 Å². The Bertz CT molecular complexity index is 381. The molecule has 0 spiro atoms. The van der Waals surface area contributed by atoms with Gasteiger partial charge >= 0.3 is 0 Å². The van der Waals surface area contributed by atoms with Gasteiger partial charge < -0.3 is 10.2 Å². The molecule has 100 valence electrons. The Morgan fingerprint density at radius 1 is 1.28 bits per heavy atom. The molecule has 1 aliphatic rings. The SMILES string of the molecule is CCNc1cncc(N2CCC(C)(CC)CC2)c1. The van der Waals surface area contributed by atoms with Crippen molar-refractivity contribution < 1.29 is 0 Å². The maximum absolute atomic E-state index is 4.33. The summed E-state index contributed by atoms with van der Waals surface area (Å²) in [6.07, 6.45) is 7.74. The molecule has 0 atom stereocenters. The molecule has 0 saturated carbocycles. The Labute approximate surface area is 111 Å². The molecule has 1 fully saturated rings. The van der Waals surface area contributed by atoms with Crippen LogP contribution in [-0.2, 0) is 0 Å². The quantitative estimate of drug-likeness (QED) is 0.882. The third kappa shape index (κ3) is 2.95. The van der Waals surface area contributed by atoms with Gasteiger partial charge in [-0.3, -0.25) is 4.98 Å². The van der Waals surface area contributed by atoms with Gasteiger partial charge in [-0.05, 0) is 31.2 Å². The molecule has 0 unspecified atom stereocenters. The van der Waals surface area contributed by atoms with Crippen LogP contribution in [0.3, 0.4) is 0 Å². The van der Waals surface area contributed by atoms with Gasteiger partial charge in [-0.1, -0.05) is 20.3 Å². The second-order valence-electron chi connectivity index (χ2n) is 5.61. The fraction of sp³-hybridized carbons (Fsp3) is 0.667. The third-order valence-electron chi connectivity index (χ3n) is 4.29. The van der Waals surface area contributed by atoms with Gasteiger partial charge in [-0.2, -0.15) is 0 Å². The smallest absolute Gasteiger partial charge is 0.0573 e. The minimum absolute atomic E-state index is 0.545. The molecule has 1 aliphatic heterocycles. The fourth-order valence-electron chi connectivity index (χ4n) is 2.56. The second kappa shape index (κ2) is 5.59. The number of hydrogen-bond donors (Lipinski definition) is 1. The number of hydrogen-bond acceptors (Lipinski definition) is 3. The molecule has 3 heteroatoms. The van der Waals surface area contributed by atoms with Gasteiger partial charge in [0.2, 0.25) is 0 Å². The average Bonchev–Trinajstić information content (AvgIpc) is 2.40. The summed E-state index contributed by atoms with van der Waals surface area (Å²) >= 11 is 0. The minimum atomic E-state index is 0.545. The molecule has 18 heavy (non-hydrogen) atoms. The van der Waals surface area contributed by atoms with Crippen molar-refractivity contribution in [2.24, 2.45) is 5.41 Å². The zero-order valence-electron chi connectivity index (χ0n) is 11.9. The molecule has 0 aliphatic carbocycles. The Morgan fingerprint density at radius 3 is 2.61 bits per heavy atom. The van der Waals surface area contributed by atoms with E-state index in [1.54, 1.807) is 0 Å². The molecular weight excluding hydrogens is 222 g/mol. The van der Waals surface area contributed by atoms with Crippen LogP contribution in [0.15, 0.2) is 18.5 Å². The first kappa shape index (κ1) is 13.2. The summed E-state index contributed by atoms with van der Waals surface area (Å²) < 4.78 is 0. The van der Waals surface area contributed by atoms with E-state index in [9.17, 15) is 0 Å². The summed E-state index contributed by atoms with van der Waals surface area (Å²) in [5.74, 6) is 0. The fourth-order valence-corrected chi connectivity index (χ4v) is 2.56. The molecule has 2 rings (SSSR count). The Morgan fingerprint density at radius 2 is 2.00 bits per heavy atom. The van der Waals surface area contributed by atoms with Gasteiger partial charge in [0.1, 0.15) is 0 Å². The highest BCUT2D eigenvalue weighted by Crippen LogP contribution is 2.35. The van der Waals surface area contributed by atoms with Crippen LogP contribution in [0.2, 0.25) is 0 Å². The summed E-state index contributed by atoms with van der Waals surface area (Å²) in [6.45, 7) is 10.1. The van der Waals surface area contributed by atoms with Crippen molar-refractivity contribution in [3.63, 3.8) is 0 Å². The molecule has 2 heterocycles.